The predicted octanol–water partition coefficient (Wildman–Crippen LogP) is 4.38. The Hall–Kier alpha value is -2.34. The van der Waals surface area contributed by atoms with Crippen LogP contribution in [0.5, 0.6) is 0 Å². The van der Waals surface area contributed by atoms with E-state index in [4.69, 9.17) is 16.0 Å². The number of carbonyl (C=O) groups excluding carboxylic acids is 2. The number of piperidine rings is 1. The Labute approximate surface area is 182 Å². The number of amides is 2. The zero-order valence-electron chi connectivity index (χ0n) is 17.2. The first-order valence-electron chi connectivity index (χ1n) is 10.9. The second-order valence-corrected chi connectivity index (χ2v) is 8.63. The molecule has 1 atom stereocenters. The summed E-state index contributed by atoms with van der Waals surface area (Å²) < 4.78 is 6.05. The van der Waals surface area contributed by atoms with Gasteiger partial charge in [-0.05, 0) is 49.8 Å². The molecule has 2 saturated heterocycles. The molecule has 0 bridgehead atoms. The van der Waals surface area contributed by atoms with Gasteiger partial charge in [0.25, 0.3) is 0 Å². The number of halogens is 1. The lowest BCUT2D eigenvalue weighted by molar-refractivity contribution is -0.143. The number of rotatable bonds is 5. The first-order valence-corrected chi connectivity index (χ1v) is 11.2. The van der Waals surface area contributed by atoms with Crippen LogP contribution < -0.4 is 0 Å². The molecule has 2 aliphatic rings. The molecule has 3 heterocycles. The molecule has 160 valence electrons. The molecule has 0 spiro atoms. The molecule has 1 aromatic carbocycles. The fourth-order valence-electron chi connectivity index (χ4n) is 4.35. The summed E-state index contributed by atoms with van der Waals surface area (Å²) in [4.78, 5) is 33.5. The Kier molecular flexibility index (Phi) is 6.72. The van der Waals surface area contributed by atoms with Crippen molar-refractivity contribution in [3.63, 3.8) is 0 Å². The number of oxazole rings is 1. The van der Waals surface area contributed by atoms with E-state index in [0.717, 1.165) is 49.8 Å². The minimum atomic E-state index is -0.165. The second-order valence-electron chi connectivity index (χ2n) is 8.20. The zero-order valence-corrected chi connectivity index (χ0v) is 17.9. The van der Waals surface area contributed by atoms with Crippen LogP contribution in [0.15, 0.2) is 34.9 Å². The minimum Gasteiger partial charge on any atom is -0.443 e. The van der Waals surface area contributed by atoms with Crippen LogP contribution in [0.1, 0.15) is 68.2 Å². The summed E-state index contributed by atoms with van der Waals surface area (Å²) in [5.74, 6) is 1.43. The van der Waals surface area contributed by atoms with Crippen LogP contribution in [0.25, 0.3) is 0 Å². The number of nitrogens with zero attached hydrogens (tertiary/aromatic N) is 3. The van der Waals surface area contributed by atoms with E-state index in [9.17, 15) is 9.59 Å². The molecule has 1 aromatic heterocycles. The Morgan fingerprint density at radius 2 is 2.03 bits per heavy atom. The highest BCUT2D eigenvalue weighted by Gasteiger charge is 2.33. The number of carbonyl (C=O) groups is 2. The molecular weight excluding hydrogens is 402 g/mol. The normalized spacial score (nSPS) is 20.3. The van der Waals surface area contributed by atoms with Crippen molar-refractivity contribution in [2.75, 3.05) is 19.6 Å². The summed E-state index contributed by atoms with van der Waals surface area (Å²) in [6, 6.07) is 7.51. The number of likely N-dealkylation sites (tertiary alicyclic amines) is 2. The molecule has 0 N–H and O–H groups in total. The van der Waals surface area contributed by atoms with Gasteiger partial charge in [-0.1, -0.05) is 30.2 Å². The fraction of sp³-hybridized carbons (Fsp3) is 0.522. The van der Waals surface area contributed by atoms with Crippen molar-refractivity contribution in [3.05, 3.63) is 52.7 Å². The molecule has 0 aliphatic carbocycles. The molecule has 0 radical (unpaired) electrons. The van der Waals surface area contributed by atoms with E-state index < -0.39 is 0 Å². The Bertz CT molecular complexity index is 897. The van der Waals surface area contributed by atoms with Gasteiger partial charge < -0.3 is 14.2 Å². The van der Waals surface area contributed by atoms with Gasteiger partial charge in [0, 0.05) is 31.0 Å². The van der Waals surface area contributed by atoms with Gasteiger partial charge in [0.1, 0.15) is 11.8 Å². The van der Waals surface area contributed by atoms with Crippen molar-refractivity contribution in [3.8, 4) is 0 Å². The van der Waals surface area contributed by atoms with E-state index in [1.54, 1.807) is 11.1 Å². The Balaban J connectivity index is 1.45. The molecule has 6 nitrogen and oxygen atoms in total. The topological polar surface area (TPSA) is 66.7 Å². The molecule has 7 heteroatoms. The van der Waals surface area contributed by atoms with Crippen LogP contribution in [0, 0.1) is 0 Å². The fourth-order valence-corrected chi connectivity index (χ4v) is 4.57. The van der Waals surface area contributed by atoms with Gasteiger partial charge in [-0.3, -0.25) is 9.59 Å². The van der Waals surface area contributed by atoms with Gasteiger partial charge in [0.2, 0.25) is 17.7 Å². The number of hydrogen-bond donors (Lipinski definition) is 0. The lowest BCUT2D eigenvalue weighted by Crippen LogP contribution is -2.46. The predicted molar refractivity (Wildman–Crippen MR) is 114 cm³/mol. The molecule has 2 aromatic rings. The first kappa shape index (κ1) is 20.9. The lowest BCUT2D eigenvalue weighted by atomic mass is 10.0. The molecule has 4 rings (SSSR count). The summed E-state index contributed by atoms with van der Waals surface area (Å²) in [5, 5.41) is 0.694. The third-order valence-corrected chi connectivity index (χ3v) is 6.18. The lowest BCUT2D eigenvalue weighted by Gasteiger charge is -2.35. The van der Waals surface area contributed by atoms with E-state index in [2.05, 4.69) is 4.98 Å². The summed E-state index contributed by atoms with van der Waals surface area (Å²) in [5.41, 5.74) is 1.06. The van der Waals surface area contributed by atoms with Gasteiger partial charge >= 0.3 is 0 Å². The highest BCUT2D eigenvalue weighted by molar-refractivity contribution is 6.30. The minimum absolute atomic E-state index is 0.00968. The molecule has 2 amide bonds. The smallest absolute Gasteiger partial charge is 0.242 e. The Morgan fingerprint density at radius 3 is 2.90 bits per heavy atom. The third kappa shape index (κ3) is 5.04. The van der Waals surface area contributed by atoms with Crippen molar-refractivity contribution in [2.45, 2.75) is 57.4 Å². The maximum Gasteiger partial charge on any atom is 0.242 e. The van der Waals surface area contributed by atoms with Crippen LogP contribution in [0.4, 0.5) is 0 Å². The number of hydrogen-bond acceptors (Lipinski definition) is 4. The van der Waals surface area contributed by atoms with Gasteiger partial charge in [-0.25, -0.2) is 4.98 Å². The van der Waals surface area contributed by atoms with Crippen molar-refractivity contribution in [1.82, 2.24) is 14.8 Å². The summed E-state index contributed by atoms with van der Waals surface area (Å²) in [6.45, 7) is 1.51. The average Bonchev–Trinajstić information content (AvgIpc) is 3.11. The van der Waals surface area contributed by atoms with Crippen molar-refractivity contribution < 1.29 is 14.0 Å². The molecule has 30 heavy (non-hydrogen) atoms. The second kappa shape index (κ2) is 9.65. The van der Waals surface area contributed by atoms with Crippen molar-refractivity contribution in [1.29, 1.82) is 0 Å². The highest BCUT2D eigenvalue weighted by Crippen LogP contribution is 2.31. The standard InChI is InChI=1S/C23H28ClN3O3/c24-18-8-6-7-17(13-18)14-19-15-25-23(30-19)20-9-3-5-12-27(20)22(29)16-26-11-4-1-2-10-21(26)28/h6-8,13,15,20H,1-5,9-12,14,16H2/t20-/m0/s1. The van der Waals surface area contributed by atoms with Crippen molar-refractivity contribution >= 4 is 23.4 Å². The third-order valence-electron chi connectivity index (χ3n) is 5.94. The maximum absolute atomic E-state index is 13.1. The van der Waals surface area contributed by atoms with E-state index in [1.807, 2.05) is 29.2 Å². The van der Waals surface area contributed by atoms with E-state index in [0.29, 0.717) is 36.8 Å². The van der Waals surface area contributed by atoms with Crippen LogP contribution >= 0.6 is 11.6 Å². The SMILES string of the molecule is O=C1CCCCCN1CC(=O)N1CCCC[C@H]1c1ncc(Cc2cccc(Cl)c2)o1. The van der Waals surface area contributed by atoms with E-state index in [1.165, 1.54) is 0 Å². The average molecular weight is 430 g/mol. The monoisotopic (exact) mass is 429 g/mol. The Morgan fingerprint density at radius 1 is 1.17 bits per heavy atom. The van der Waals surface area contributed by atoms with Crippen LogP contribution in [0.2, 0.25) is 5.02 Å². The number of benzene rings is 1. The van der Waals surface area contributed by atoms with Crippen LogP contribution in [-0.4, -0.2) is 46.2 Å². The molecule has 0 saturated carbocycles. The summed E-state index contributed by atoms with van der Waals surface area (Å²) in [7, 11) is 0. The van der Waals surface area contributed by atoms with Crippen LogP contribution in [0.3, 0.4) is 0 Å². The van der Waals surface area contributed by atoms with Crippen molar-refractivity contribution in [2.24, 2.45) is 0 Å². The number of aromatic nitrogens is 1. The molecular formula is C23H28ClN3O3. The zero-order chi connectivity index (χ0) is 20.9. The van der Waals surface area contributed by atoms with Gasteiger partial charge in [0.05, 0.1) is 12.7 Å². The molecule has 0 unspecified atom stereocenters. The van der Waals surface area contributed by atoms with E-state index in [-0.39, 0.29) is 24.4 Å². The summed E-state index contributed by atoms with van der Waals surface area (Å²) >= 11 is 6.07. The van der Waals surface area contributed by atoms with Crippen LogP contribution in [-0.2, 0) is 16.0 Å². The first-order chi connectivity index (χ1) is 14.6. The van der Waals surface area contributed by atoms with Gasteiger partial charge in [0.15, 0.2) is 0 Å². The maximum atomic E-state index is 13.1. The largest absolute Gasteiger partial charge is 0.443 e. The van der Waals surface area contributed by atoms with Gasteiger partial charge in [-0.15, -0.1) is 0 Å². The van der Waals surface area contributed by atoms with Gasteiger partial charge in [-0.2, -0.15) is 0 Å². The van der Waals surface area contributed by atoms with E-state index >= 15 is 0 Å². The summed E-state index contributed by atoms with van der Waals surface area (Å²) in [6.07, 6.45) is 8.66. The highest BCUT2D eigenvalue weighted by atomic mass is 35.5. The quantitative estimate of drug-likeness (QED) is 0.707. The molecule has 2 fully saturated rings. The molecule has 2 aliphatic heterocycles.